The highest BCUT2D eigenvalue weighted by atomic mass is 32.1. The van der Waals surface area contributed by atoms with Gasteiger partial charge in [-0.05, 0) is 36.8 Å². The average Bonchev–Trinajstić information content (AvgIpc) is 3.61. The summed E-state index contributed by atoms with van der Waals surface area (Å²) in [5.41, 5.74) is 2.65. The molecule has 2 aromatic heterocycles. The molecule has 172 valence electrons. The number of hydrogen-bond donors (Lipinski definition) is 1. The van der Waals surface area contributed by atoms with Crippen molar-refractivity contribution in [2.75, 3.05) is 26.2 Å². The summed E-state index contributed by atoms with van der Waals surface area (Å²) in [6, 6.07) is 16.2. The second-order valence-electron chi connectivity index (χ2n) is 8.81. The molecule has 1 unspecified atom stereocenters. The van der Waals surface area contributed by atoms with Crippen molar-refractivity contribution in [3.63, 3.8) is 0 Å². The van der Waals surface area contributed by atoms with Gasteiger partial charge in [-0.15, -0.1) is 11.3 Å². The third-order valence-corrected chi connectivity index (χ3v) is 7.31. The highest BCUT2D eigenvalue weighted by Crippen LogP contribution is 2.23. The van der Waals surface area contributed by atoms with E-state index >= 15 is 0 Å². The van der Waals surface area contributed by atoms with Crippen LogP contribution in [0.4, 0.5) is 0 Å². The third kappa shape index (κ3) is 3.86. The summed E-state index contributed by atoms with van der Waals surface area (Å²) in [6.45, 7) is 2.78. The van der Waals surface area contributed by atoms with Gasteiger partial charge in [0, 0.05) is 60.8 Å². The van der Waals surface area contributed by atoms with Crippen LogP contribution in [-0.4, -0.2) is 74.6 Å². The van der Waals surface area contributed by atoms with E-state index < -0.39 is 0 Å². The van der Waals surface area contributed by atoms with Crippen LogP contribution in [-0.2, 0) is 0 Å². The first-order chi connectivity index (χ1) is 16.7. The van der Waals surface area contributed by atoms with E-state index in [1.165, 1.54) is 11.3 Å². The Labute approximate surface area is 200 Å². The molecule has 4 heterocycles. The van der Waals surface area contributed by atoms with Crippen LogP contribution in [0, 0.1) is 0 Å². The van der Waals surface area contributed by atoms with E-state index in [-0.39, 0.29) is 23.9 Å². The van der Waals surface area contributed by atoms with Crippen molar-refractivity contribution in [2.24, 2.45) is 0 Å². The molecule has 2 aliphatic rings. The molecular formula is C25H24N6O2S. The zero-order chi connectivity index (χ0) is 23.1. The second kappa shape index (κ2) is 8.66. The number of likely N-dealkylation sites (tertiary alicyclic amines) is 2. The molecule has 2 fully saturated rings. The summed E-state index contributed by atoms with van der Waals surface area (Å²) < 4.78 is 1.89. The van der Waals surface area contributed by atoms with Gasteiger partial charge in [0.1, 0.15) is 0 Å². The van der Waals surface area contributed by atoms with Crippen LogP contribution in [0.3, 0.4) is 0 Å². The fourth-order valence-corrected chi connectivity index (χ4v) is 5.35. The lowest BCUT2D eigenvalue weighted by Crippen LogP contribution is -2.62. The number of nitrogens with one attached hydrogen (secondary N) is 1. The predicted octanol–water partition coefficient (Wildman–Crippen LogP) is 2.81. The smallest absolute Gasteiger partial charge is 0.282 e. The van der Waals surface area contributed by atoms with Crippen molar-refractivity contribution in [1.29, 1.82) is 0 Å². The Balaban J connectivity index is 1.05. The molecule has 0 radical (unpaired) electrons. The first kappa shape index (κ1) is 21.0. The van der Waals surface area contributed by atoms with Gasteiger partial charge in [0.05, 0.1) is 17.4 Å². The molecule has 2 saturated heterocycles. The van der Waals surface area contributed by atoms with E-state index in [9.17, 15) is 9.59 Å². The van der Waals surface area contributed by atoms with Crippen LogP contribution in [0.15, 0.2) is 66.3 Å². The number of amides is 2. The summed E-state index contributed by atoms with van der Waals surface area (Å²) in [6.07, 6.45) is 4.39. The molecule has 0 aliphatic carbocycles. The van der Waals surface area contributed by atoms with Crippen LogP contribution >= 0.6 is 11.3 Å². The van der Waals surface area contributed by atoms with Crippen molar-refractivity contribution < 1.29 is 9.59 Å². The SMILES string of the molecule is O=C(c1ccc2c(cnn2-c2ccccc2)c1)N1CC(NC2CCN(C(=O)c3nccs3)C2)C1. The number of aromatic nitrogens is 3. The molecule has 2 aliphatic heterocycles. The number of carbonyl (C=O) groups is 2. The largest absolute Gasteiger partial charge is 0.335 e. The van der Waals surface area contributed by atoms with Gasteiger partial charge in [0.15, 0.2) is 5.01 Å². The first-order valence-electron chi connectivity index (χ1n) is 11.4. The molecule has 4 aromatic rings. The van der Waals surface area contributed by atoms with Crippen molar-refractivity contribution in [1.82, 2.24) is 29.9 Å². The molecule has 0 bridgehead atoms. The maximum Gasteiger partial charge on any atom is 0.282 e. The topological polar surface area (TPSA) is 83.4 Å². The summed E-state index contributed by atoms with van der Waals surface area (Å²) in [5, 5.41) is 11.4. The Kier molecular flexibility index (Phi) is 5.35. The Hall–Kier alpha value is -3.56. The quantitative estimate of drug-likeness (QED) is 0.483. The van der Waals surface area contributed by atoms with Crippen LogP contribution in [0.1, 0.15) is 26.6 Å². The maximum absolute atomic E-state index is 13.0. The van der Waals surface area contributed by atoms with Crippen molar-refractivity contribution in [2.45, 2.75) is 18.5 Å². The molecule has 0 saturated carbocycles. The Morgan fingerprint density at radius 2 is 1.79 bits per heavy atom. The van der Waals surface area contributed by atoms with E-state index in [2.05, 4.69) is 15.4 Å². The number of hydrogen-bond acceptors (Lipinski definition) is 6. The minimum atomic E-state index is 0.00990. The number of carbonyl (C=O) groups excluding carboxylic acids is 2. The molecule has 1 atom stereocenters. The summed E-state index contributed by atoms with van der Waals surface area (Å²) in [5.74, 6) is 0.0510. The zero-order valence-electron chi connectivity index (χ0n) is 18.5. The second-order valence-corrected chi connectivity index (χ2v) is 9.71. The van der Waals surface area contributed by atoms with Gasteiger partial charge in [-0.1, -0.05) is 18.2 Å². The van der Waals surface area contributed by atoms with Gasteiger partial charge >= 0.3 is 0 Å². The van der Waals surface area contributed by atoms with E-state index in [0.29, 0.717) is 30.2 Å². The first-order valence-corrected chi connectivity index (χ1v) is 12.3. The normalized spacial score (nSPS) is 18.4. The Morgan fingerprint density at radius 3 is 2.59 bits per heavy atom. The van der Waals surface area contributed by atoms with E-state index in [0.717, 1.165) is 29.6 Å². The van der Waals surface area contributed by atoms with E-state index in [4.69, 9.17) is 0 Å². The van der Waals surface area contributed by atoms with E-state index in [1.54, 1.807) is 12.4 Å². The minimum Gasteiger partial charge on any atom is -0.335 e. The fraction of sp³-hybridized carbons (Fsp3) is 0.280. The molecule has 2 amide bonds. The lowest BCUT2D eigenvalue weighted by molar-refractivity contribution is 0.0553. The Morgan fingerprint density at radius 1 is 0.971 bits per heavy atom. The maximum atomic E-state index is 13.0. The summed E-state index contributed by atoms with van der Waals surface area (Å²) in [4.78, 5) is 33.4. The van der Waals surface area contributed by atoms with Crippen molar-refractivity contribution in [3.05, 3.63) is 76.9 Å². The summed E-state index contributed by atoms with van der Waals surface area (Å²) in [7, 11) is 0. The summed E-state index contributed by atoms with van der Waals surface area (Å²) >= 11 is 1.38. The molecular weight excluding hydrogens is 448 g/mol. The number of nitrogens with zero attached hydrogens (tertiary/aromatic N) is 5. The third-order valence-electron chi connectivity index (χ3n) is 6.55. The molecule has 6 rings (SSSR count). The number of rotatable bonds is 5. The Bertz CT molecular complexity index is 1330. The molecule has 9 heteroatoms. The molecule has 34 heavy (non-hydrogen) atoms. The van der Waals surface area contributed by atoms with Crippen molar-refractivity contribution in [3.8, 4) is 5.69 Å². The number of fused-ring (bicyclic) bond motifs is 1. The fourth-order valence-electron chi connectivity index (χ4n) is 4.75. The lowest BCUT2D eigenvalue weighted by atomic mass is 10.0. The molecule has 1 N–H and O–H groups in total. The predicted molar refractivity (Wildman–Crippen MR) is 130 cm³/mol. The van der Waals surface area contributed by atoms with Gasteiger partial charge in [-0.25, -0.2) is 9.67 Å². The van der Waals surface area contributed by atoms with Crippen LogP contribution in [0.25, 0.3) is 16.6 Å². The highest BCUT2D eigenvalue weighted by molar-refractivity contribution is 7.11. The van der Waals surface area contributed by atoms with Gasteiger partial charge in [-0.3, -0.25) is 9.59 Å². The van der Waals surface area contributed by atoms with Crippen LogP contribution < -0.4 is 5.32 Å². The van der Waals surface area contributed by atoms with Crippen LogP contribution in [0.2, 0.25) is 0 Å². The average molecular weight is 473 g/mol. The minimum absolute atomic E-state index is 0.00990. The lowest BCUT2D eigenvalue weighted by Gasteiger charge is -2.41. The van der Waals surface area contributed by atoms with Gasteiger partial charge in [-0.2, -0.15) is 5.10 Å². The molecule has 8 nitrogen and oxygen atoms in total. The highest BCUT2D eigenvalue weighted by Gasteiger charge is 2.35. The van der Waals surface area contributed by atoms with Gasteiger partial charge in [0.25, 0.3) is 11.8 Å². The number of benzene rings is 2. The number of para-hydroxylation sites is 1. The van der Waals surface area contributed by atoms with Crippen molar-refractivity contribution >= 4 is 34.1 Å². The van der Waals surface area contributed by atoms with Gasteiger partial charge in [0.2, 0.25) is 0 Å². The number of thiazole rings is 1. The van der Waals surface area contributed by atoms with E-state index in [1.807, 2.05) is 68.4 Å². The van der Waals surface area contributed by atoms with Crippen LogP contribution in [0.5, 0.6) is 0 Å². The molecule has 2 aromatic carbocycles. The van der Waals surface area contributed by atoms with Gasteiger partial charge < -0.3 is 15.1 Å². The monoisotopic (exact) mass is 472 g/mol. The molecule has 0 spiro atoms. The zero-order valence-corrected chi connectivity index (χ0v) is 19.3. The standard InChI is InChI=1S/C25H24N6O2S/c32-24(17-6-7-22-18(12-17)13-27-31(22)21-4-2-1-3-5-21)30-15-20(16-30)28-19-8-10-29(14-19)25(33)23-26-9-11-34-23/h1-7,9,11-13,19-20,28H,8,10,14-16H2.